The highest BCUT2D eigenvalue weighted by Gasteiger charge is 2.15. The molecular weight excluding hydrogens is 521 g/mol. The number of nitrogens with zero attached hydrogens (tertiary/aromatic N) is 1. The number of aliphatic hydroxyl groups is 1. The van der Waals surface area contributed by atoms with E-state index in [1.807, 2.05) is 42.5 Å². The monoisotopic (exact) mass is 547 g/mol. The van der Waals surface area contributed by atoms with Crippen molar-refractivity contribution in [1.29, 1.82) is 0 Å². The van der Waals surface area contributed by atoms with Gasteiger partial charge in [-0.25, -0.2) is 4.39 Å². The lowest BCUT2D eigenvalue weighted by Crippen LogP contribution is -2.18. The van der Waals surface area contributed by atoms with Gasteiger partial charge in [0, 0.05) is 35.7 Å². The summed E-state index contributed by atoms with van der Waals surface area (Å²) in [4.78, 5) is 0. The summed E-state index contributed by atoms with van der Waals surface area (Å²) in [7, 11) is 0. The molecule has 38 heavy (non-hydrogen) atoms. The zero-order valence-electron chi connectivity index (χ0n) is 20.8. The maximum absolute atomic E-state index is 14.5. The summed E-state index contributed by atoms with van der Waals surface area (Å²) in [5.74, 6) is 0.906. The molecule has 0 radical (unpaired) electrons. The number of aromatic nitrogens is 1. The van der Waals surface area contributed by atoms with Crippen molar-refractivity contribution in [2.75, 3.05) is 18.5 Å². The SMILES string of the molecule is Cc1c(COc2ccc(CNCCO)c(F)c2)cccc1-c1cccc2c(Nc3ccccc3Cl)nsc12. The number of para-hydroxylation sites is 1. The number of nitrogens with one attached hydrogen (secondary N) is 2. The van der Waals surface area contributed by atoms with E-state index in [1.54, 1.807) is 12.1 Å². The Morgan fingerprint density at radius 1 is 0.974 bits per heavy atom. The third kappa shape index (κ3) is 5.66. The van der Waals surface area contributed by atoms with Crippen LogP contribution in [0.5, 0.6) is 5.75 Å². The maximum atomic E-state index is 14.5. The Balaban J connectivity index is 1.37. The van der Waals surface area contributed by atoms with Crippen LogP contribution in [0.15, 0.2) is 78.9 Å². The second kappa shape index (κ2) is 11.9. The molecule has 0 aliphatic carbocycles. The van der Waals surface area contributed by atoms with E-state index >= 15 is 0 Å². The highest BCUT2D eigenvalue weighted by molar-refractivity contribution is 7.14. The van der Waals surface area contributed by atoms with Crippen LogP contribution in [-0.2, 0) is 13.2 Å². The summed E-state index contributed by atoms with van der Waals surface area (Å²) >= 11 is 7.79. The zero-order chi connectivity index (χ0) is 26.5. The lowest BCUT2D eigenvalue weighted by molar-refractivity contribution is 0.291. The average Bonchev–Trinajstić information content (AvgIpc) is 3.34. The zero-order valence-corrected chi connectivity index (χ0v) is 22.4. The van der Waals surface area contributed by atoms with Crippen molar-refractivity contribution in [1.82, 2.24) is 9.69 Å². The lowest BCUT2D eigenvalue weighted by atomic mass is 9.96. The van der Waals surface area contributed by atoms with E-state index in [-0.39, 0.29) is 12.4 Å². The van der Waals surface area contributed by atoms with Crippen LogP contribution in [0.3, 0.4) is 0 Å². The topological polar surface area (TPSA) is 66.4 Å². The number of fused-ring (bicyclic) bond motifs is 1. The number of benzene rings is 4. The third-order valence-corrected chi connectivity index (χ3v) is 7.61. The summed E-state index contributed by atoms with van der Waals surface area (Å²) in [6, 6.07) is 24.8. The number of rotatable bonds is 10. The predicted octanol–water partition coefficient (Wildman–Crippen LogP) is 7.47. The molecule has 5 aromatic rings. The van der Waals surface area contributed by atoms with Crippen molar-refractivity contribution in [3.05, 3.63) is 106 Å². The van der Waals surface area contributed by atoms with Crippen LogP contribution in [0, 0.1) is 12.7 Å². The van der Waals surface area contributed by atoms with Crippen molar-refractivity contribution >= 4 is 44.7 Å². The van der Waals surface area contributed by atoms with Crippen molar-refractivity contribution in [2.45, 2.75) is 20.1 Å². The van der Waals surface area contributed by atoms with Gasteiger partial charge in [0.15, 0.2) is 5.82 Å². The standard InChI is InChI=1S/C30H27ClFN3O2S/c1-19-21(18-37-22-13-12-20(27(32)16-22)17-33-14-15-36)6-4-7-23(19)24-8-5-9-25-29(24)38-35-30(25)34-28-11-3-2-10-26(28)31/h2-13,16,33,36H,14-15,17-18H2,1H3,(H,34,35). The Labute approximate surface area is 230 Å². The van der Waals surface area contributed by atoms with Gasteiger partial charge < -0.3 is 20.5 Å². The van der Waals surface area contributed by atoms with Gasteiger partial charge in [-0.3, -0.25) is 0 Å². The Bertz CT molecular complexity index is 1570. The molecule has 0 aliphatic heterocycles. The first kappa shape index (κ1) is 26.1. The first-order chi connectivity index (χ1) is 18.5. The van der Waals surface area contributed by atoms with Gasteiger partial charge >= 0.3 is 0 Å². The molecule has 0 saturated carbocycles. The van der Waals surface area contributed by atoms with E-state index in [0.717, 1.165) is 43.8 Å². The van der Waals surface area contributed by atoms with Crippen LogP contribution in [0.25, 0.3) is 21.2 Å². The molecule has 5 rings (SSSR count). The van der Waals surface area contributed by atoms with Crippen molar-refractivity contribution in [2.24, 2.45) is 0 Å². The normalized spacial score (nSPS) is 11.2. The van der Waals surface area contributed by atoms with Crippen LogP contribution in [0.2, 0.25) is 5.02 Å². The van der Waals surface area contributed by atoms with E-state index in [4.69, 9.17) is 21.4 Å². The molecule has 0 atom stereocenters. The first-order valence-corrected chi connectivity index (χ1v) is 13.4. The molecule has 0 spiro atoms. The number of ether oxygens (including phenoxy) is 1. The Hall–Kier alpha value is -3.49. The van der Waals surface area contributed by atoms with Gasteiger partial charge in [-0.15, -0.1) is 0 Å². The number of hydrogen-bond donors (Lipinski definition) is 3. The molecule has 4 aromatic carbocycles. The molecule has 0 saturated heterocycles. The molecule has 5 nitrogen and oxygen atoms in total. The number of aliphatic hydroxyl groups excluding tert-OH is 1. The van der Waals surface area contributed by atoms with Gasteiger partial charge in [-0.1, -0.05) is 60.1 Å². The van der Waals surface area contributed by atoms with Crippen LogP contribution in [0.4, 0.5) is 15.9 Å². The highest BCUT2D eigenvalue weighted by atomic mass is 35.5. The number of anilines is 2. The molecule has 0 fully saturated rings. The minimum absolute atomic E-state index is 0.0132. The highest BCUT2D eigenvalue weighted by Crippen LogP contribution is 2.39. The van der Waals surface area contributed by atoms with Gasteiger partial charge in [-0.05, 0) is 59.4 Å². The van der Waals surface area contributed by atoms with E-state index < -0.39 is 0 Å². The quantitative estimate of drug-likeness (QED) is 0.158. The molecule has 3 N–H and O–H groups in total. The smallest absolute Gasteiger partial charge is 0.152 e. The van der Waals surface area contributed by atoms with E-state index in [2.05, 4.69) is 40.1 Å². The molecular formula is C30H27ClFN3O2S. The predicted molar refractivity (Wildman–Crippen MR) is 154 cm³/mol. The van der Waals surface area contributed by atoms with E-state index in [9.17, 15) is 4.39 Å². The number of hydrogen-bond acceptors (Lipinski definition) is 6. The fourth-order valence-electron chi connectivity index (χ4n) is 4.31. The van der Waals surface area contributed by atoms with E-state index in [0.29, 0.717) is 36.0 Å². The lowest BCUT2D eigenvalue weighted by Gasteiger charge is -2.14. The molecule has 0 unspecified atom stereocenters. The molecule has 0 aliphatic rings. The second-order valence-electron chi connectivity index (χ2n) is 8.85. The van der Waals surface area contributed by atoms with Crippen LogP contribution in [-0.4, -0.2) is 22.6 Å². The first-order valence-electron chi connectivity index (χ1n) is 12.3. The fraction of sp³-hybridized carbons (Fsp3) is 0.167. The summed E-state index contributed by atoms with van der Waals surface area (Å²) < 4.78 is 26.2. The summed E-state index contributed by atoms with van der Waals surface area (Å²) in [6.45, 7) is 3.18. The Kier molecular flexibility index (Phi) is 8.20. The van der Waals surface area contributed by atoms with Gasteiger partial charge in [0.1, 0.15) is 18.2 Å². The van der Waals surface area contributed by atoms with E-state index in [1.165, 1.54) is 17.6 Å². The van der Waals surface area contributed by atoms with Crippen molar-refractivity contribution in [3.63, 3.8) is 0 Å². The van der Waals surface area contributed by atoms with Crippen LogP contribution < -0.4 is 15.4 Å². The maximum Gasteiger partial charge on any atom is 0.152 e. The molecule has 1 heterocycles. The molecule has 194 valence electrons. The second-order valence-corrected chi connectivity index (χ2v) is 10.0. The summed E-state index contributed by atoms with van der Waals surface area (Å²) in [5.41, 5.74) is 5.66. The molecule has 0 amide bonds. The van der Waals surface area contributed by atoms with Gasteiger partial charge in [0.2, 0.25) is 0 Å². The largest absolute Gasteiger partial charge is 0.489 e. The van der Waals surface area contributed by atoms with Gasteiger partial charge in [0.05, 0.1) is 22.0 Å². The average molecular weight is 548 g/mol. The van der Waals surface area contributed by atoms with Gasteiger partial charge in [0.25, 0.3) is 0 Å². The summed E-state index contributed by atoms with van der Waals surface area (Å²) in [5, 5.41) is 16.9. The van der Waals surface area contributed by atoms with Crippen molar-refractivity contribution < 1.29 is 14.2 Å². The minimum Gasteiger partial charge on any atom is -0.489 e. The van der Waals surface area contributed by atoms with Crippen LogP contribution >= 0.6 is 23.1 Å². The molecule has 0 bridgehead atoms. The van der Waals surface area contributed by atoms with Crippen LogP contribution in [0.1, 0.15) is 16.7 Å². The molecule has 1 aromatic heterocycles. The molecule has 8 heteroatoms. The van der Waals surface area contributed by atoms with Gasteiger partial charge in [-0.2, -0.15) is 4.37 Å². The van der Waals surface area contributed by atoms with Crippen molar-refractivity contribution in [3.8, 4) is 16.9 Å². The third-order valence-electron chi connectivity index (χ3n) is 6.38. The Morgan fingerprint density at radius 2 is 1.79 bits per heavy atom. The minimum atomic E-state index is -0.337. The number of halogens is 2. The fourth-order valence-corrected chi connectivity index (χ4v) is 5.36. The summed E-state index contributed by atoms with van der Waals surface area (Å²) in [6.07, 6.45) is 0. The Morgan fingerprint density at radius 3 is 2.61 bits per heavy atom.